The van der Waals surface area contributed by atoms with Crippen molar-refractivity contribution in [1.82, 2.24) is 20.9 Å². The van der Waals surface area contributed by atoms with Crippen LogP contribution in [0.5, 0.6) is 5.88 Å². The van der Waals surface area contributed by atoms with Gasteiger partial charge in [0.15, 0.2) is 0 Å². The molecule has 0 aliphatic heterocycles. The SMILES string of the molecule is CNOC/C(=N/OC)c1ccccc1CO.CNOC/C(=N/OC)c1ccccc1COc1ncc(C(C)OCc2ccccc2)cc1Cl.Cc1ncc(C(C)OCc2ccccc2)cc1Cl. The van der Waals surface area contributed by atoms with Crippen LogP contribution in [0.4, 0.5) is 0 Å². The number of oxime groups is 2. The van der Waals surface area contributed by atoms with Crippen molar-refractivity contribution in [2.75, 3.05) is 41.5 Å². The summed E-state index contributed by atoms with van der Waals surface area (Å²) in [5.74, 6) is 0.349. The van der Waals surface area contributed by atoms with Gasteiger partial charge in [0, 0.05) is 48.7 Å². The van der Waals surface area contributed by atoms with Gasteiger partial charge in [0.25, 0.3) is 0 Å². The summed E-state index contributed by atoms with van der Waals surface area (Å²) >= 11 is 12.5. The van der Waals surface area contributed by atoms with E-state index in [2.05, 4.69) is 31.2 Å². The Kier molecular flexibility index (Phi) is 24.5. The second kappa shape index (κ2) is 30.5. The van der Waals surface area contributed by atoms with Crippen LogP contribution < -0.4 is 15.7 Å². The minimum absolute atomic E-state index is 0.0178. The maximum Gasteiger partial charge on any atom is 0.232 e. The number of hydroxylamine groups is 2. The monoisotopic (exact) mass is 954 g/mol. The van der Waals surface area contributed by atoms with Crippen LogP contribution in [0.25, 0.3) is 0 Å². The lowest BCUT2D eigenvalue weighted by Gasteiger charge is -2.16. The number of rotatable bonds is 22. The molecule has 0 fully saturated rings. The third-order valence-corrected chi connectivity index (χ3v) is 10.5. The molecule has 6 rings (SSSR count). The fourth-order valence-electron chi connectivity index (χ4n) is 6.12. The molecule has 0 saturated heterocycles. The van der Waals surface area contributed by atoms with Crippen LogP contribution in [0.3, 0.4) is 0 Å². The predicted molar refractivity (Wildman–Crippen MR) is 263 cm³/mol. The average molecular weight is 956 g/mol. The number of halogens is 2. The molecule has 0 aliphatic rings. The molecule has 2 atom stereocenters. The summed E-state index contributed by atoms with van der Waals surface area (Å²) < 4.78 is 17.7. The molecule has 2 aromatic heterocycles. The quantitative estimate of drug-likeness (QED) is 0.0437. The van der Waals surface area contributed by atoms with Crippen molar-refractivity contribution in [3.8, 4) is 5.88 Å². The Morgan fingerprint density at radius 2 is 1.06 bits per heavy atom. The number of benzene rings is 4. The number of aryl methyl sites for hydroxylation is 1. The first-order chi connectivity index (χ1) is 32.6. The number of ether oxygens (including phenoxy) is 3. The van der Waals surface area contributed by atoms with Crippen molar-refractivity contribution in [3.05, 3.63) is 194 Å². The summed E-state index contributed by atoms with van der Waals surface area (Å²) in [4.78, 5) is 28.7. The minimum Gasteiger partial charge on any atom is -0.472 e. The largest absolute Gasteiger partial charge is 0.472 e. The van der Waals surface area contributed by atoms with Gasteiger partial charge in [-0.2, -0.15) is 0 Å². The first kappa shape index (κ1) is 53.8. The van der Waals surface area contributed by atoms with Gasteiger partial charge in [-0.1, -0.05) is 143 Å². The van der Waals surface area contributed by atoms with E-state index in [1.807, 2.05) is 148 Å². The summed E-state index contributed by atoms with van der Waals surface area (Å²) in [7, 11) is 6.32. The molecule has 4 aromatic carbocycles. The average Bonchev–Trinajstić information content (AvgIpc) is 3.36. The Hall–Kier alpha value is -5.78. The number of hydrogen-bond acceptors (Lipinski definition) is 14. The van der Waals surface area contributed by atoms with Crippen molar-refractivity contribution in [2.24, 2.45) is 10.3 Å². The zero-order valence-electron chi connectivity index (χ0n) is 38.9. The minimum atomic E-state index is -0.162. The smallest absolute Gasteiger partial charge is 0.232 e. The summed E-state index contributed by atoms with van der Waals surface area (Å²) in [5, 5.41) is 18.3. The fraction of sp³-hybridized carbons (Fsp3) is 0.294. The molecule has 2 unspecified atom stereocenters. The predicted octanol–water partition coefficient (Wildman–Crippen LogP) is 10.1. The van der Waals surface area contributed by atoms with E-state index in [9.17, 15) is 5.11 Å². The Morgan fingerprint density at radius 3 is 1.52 bits per heavy atom. The van der Waals surface area contributed by atoms with Crippen molar-refractivity contribution < 1.29 is 38.7 Å². The molecule has 2 heterocycles. The topological polar surface area (TPSA) is 159 Å². The highest BCUT2D eigenvalue weighted by Gasteiger charge is 2.15. The Morgan fingerprint density at radius 1 is 0.612 bits per heavy atom. The van der Waals surface area contributed by atoms with Gasteiger partial charge in [0.05, 0.1) is 42.7 Å². The van der Waals surface area contributed by atoms with Gasteiger partial charge in [0.2, 0.25) is 5.88 Å². The number of aromatic nitrogens is 2. The normalized spacial score (nSPS) is 12.2. The summed E-state index contributed by atoms with van der Waals surface area (Å²) in [6.45, 7) is 7.68. The van der Waals surface area contributed by atoms with Gasteiger partial charge in [-0.15, -0.1) is 0 Å². The Bertz CT molecular complexity index is 2410. The molecule has 14 nitrogen and oxygen atoms in total. The van der Waals surface area contributed by atoms with E-state index in [1.54, 1.807) is 20.3 Å². The molecule has 0 amide bonds. The molecule has 0 radical (unpaired) electrons. The molecular formula is C51H60Cl2N6O8. The van der Waals surface area contributed by atoms with Gasteiger partial charge in [-0.3, -0.25) is 14.7 Å². The van der Waals surface area contributed by atoms with E-state index in [0.717, 1.165) is 50.2 Å². The molecule has 3 N–H and O–H groups in total. The Labute approximate surface area is 403 Å². The van der Waals surface area contributed by atoms with Crippen LogP contribution in [0, 0.1) is 6.92 Å². The first-order valence-corrected chi connectivity index (χ1v) is 22.1. The molecule has 67 heavy (non-hydrogen) atoms. The highest BCUT2D eigenvalue weighted by molar-refractivity contribution is 6.32. The summed E-state index contributed by atoms with van der Waals surface area (Å²) in [6, 6.07) is 39.0. The maximum atomic E-state index is 9.21. The number of nitrogens with zero attached hydrogens (tertiary/aromatic N) is 4. The van der Waals surface area contributed by atoms with E-state index < -0.39 is 0 Å². The fourth-order valence-corrected chi connectivity index (χ4v) is 6.52. The molecule has 0 aliphatic carbocycles. The van der Waals surface area contributed by atoms with Crippen LogP contribution in [0.1, 0.15) is 76.3 Å². The number of aliphatic hydroxyl groups excluding tert-OH is 1. The lowest BCUT2D eigenvalue weighted by atomic mass is 10.0. The third kappa shape index (κ3) is 18.4. The van der Waals surface area contributed by atoms with E-state index in [0.29, 0.717) is 40.6 Å². The second-order valence-corrected chi connectivity index (χ2v) is 15.3. The molecule has 0 saturated carbocycles. The second-order valence-electron chi connectivity index (χ2n) is 14.5. The van der Waals surface area contributed by atoms with Crippen LogP contribution in [-0.4, -0.2) is 68.0 Å². The van der Waals surface area contributed by atoms with E-state index in [4.69, 9.17) is 56.8 Å². The summed E-state index contributed by atoms with van der Waals surface area (Å²) in [5.41, 5.74) is 14.8. The van der Waals surface area contributed by atoms with Crippen LogP contribution in [-0.2, 0) is 55.3 Å². The highest BCUT2D eigenvalue weighted by atomic mass is 35.5. The van der Waals surface area contributed by atoms with Gasteiger partial charge in [0.1, 0.15) is 50.5 Å². The van der Waals surface area contributed by atoms with Crippen molar-refractivity contribution in [1.29, 1.82) is 0 Å². The van der Waals surface area contributed by atoms with Crippen molar-refractivity contribution >= 4 is 34.6 Å². The van der Waals surface area contributed by atoms with E-state index >= 15 is 0 Å². The lowest BCUT2D eigenvalue weighted by Crippen LogP contribution is -2.19. The van der Waals surface area contributed by atoms with Crippen LogP contribution >= 0.6 is 23.2 Å². The van der Waals surface area contributed by atoms with Gasteiger partial charge >= 0.3 is 0 Å². The van der Waals surface area contributed by atoms with Crippen LogP contribution in [0.15, 0.2) is 144 Å². The molecule has 0 spiro atoms. The zero-order chi connectivity index (χ0) is 48.2. The third-order valence-electron chi connectivity index (χ3n) is 9.80. The molecule has 6 aromatic rings. The van der Waals surface area contributed by atoms with E-state index in [-0.39, 0.29) is 38.6 Å². The molecular weight excluding hydrogens is 896 g/mol. The standard InChI is InChI=1S/C25H28ClN3O4.C15H16ClNO.C11H16N2O3/c1-18(31-15-19-9-5-4-6-10-19)21-13-23(26)25(28-14-21)32-16-20-11-7-8-12-22(20)24(29-30-3)17-33-27-2;1-11-15(16)8-14(9-17-11)12(2)18-10-13-6-4-3-5-7-13;1-12-16-8-11(13-15-2)10-6-4-3-5-9(10)7-14/h4-14,18,27H,15-17H2,1-3H3;3-9,12H,10H2,1-2H3;3-6,12,14H,7-8H2,1-2H3/b29-24-;;13-11-. The highest BCUT2D eigenvalue weighted by Crippen LogP contribution is 2.28. The van der Waals surface area contributed by atoms with Gasteiger partial charge in [-0.25, -0.2) is 15.9 Å². The summed E-state index contributed by atoms with van der Waals surface area (Å²) in [6.07, 6.45) is 3.36. The number of hydrogen-bond donors (Lipinski definition) is 3. The molecule has 356 valence electrons. The van der Waals surface area contributed by atoms with Gasteiger partial charge in [-0.05, 0) is 55.2 Å². The number of pyridine rings is 2. The lowest BCUT2D eigenvalue weighted by molar-refractivity contribution is 0.0522. The van der Waals surface area contributed by atoms with Gasteiger partial charge < -0.3 is 29.0 Å². The number of nitrogens with one attached hydrogen (secondary N) is 2. The number of aliphatic hydroxyl groups is 1. The zero-order valence-corrected chi connectivity index (χ0v) is 40.5. The van der Waals surface area contributed by atoms with Crippen LogP contribution in [0.2, 0.25) is 10.0 Å². The molecule has 0 bridgehead atoms. The first-order valence-electron chi connectivity index (χ1n) is 21.4. The Balaban J connectivity index is 0.000000242. The van der Waals surface area contributed by atoms with E-state index in [1.165, 1.54) is 14.2 Å². The van der Waals surface area contributed by atoms with Crippen molar-refractivity contribution in [3.63, 3.8) is 0 Å². The van der Waals surface area contributed by atoms with Crippen molar-refractivity contribution in [2.45, 2.75) is 59.4 Å². The maximum absolute atomic E-state index is 9.21. The molecule has 16 heteroatoms.